The lowest BCUT2D eigenvalue weighted by Crippen LogP contribution is -2.12. The van der Waals surface area contributed by atoms with E-state index in [1.165, 1.54) is 0 Å². The molecular weight excluding hydrogens is 224 g/mol. The van der Waals surface area contributed by atoms with Crippen molar-refractivity contribution in [3.8, 4) is 0 Å². The molecule has 16 heavy (non-hydrogen) atoms. The molecule has 1 fully saturated rings. The number of benzene rings is 1. The Labute approximate surface area is 96.0 Å². The number of rotatable bonds is 4. The van der Waals surface area contributed by atoms with Crippen molar-refractivity contribution in [2.45, 2.75) is 30.1 Å². The zero-order valence-electron chi connectivity index (χ0n) is 9.31. The maximum atomic E-state index is 11.6. The zero-order valence-corrected chi connectivity index (χ0v) is 10.1. The summed E-state index contributed by atoms with van der Waals surface area (Å²) in [7, 11) is -3.11. The molecule has 0 radical (unpaired) electrons. The average molecular weight is 240 g/mol. The third-order valence-electron chi connectivity index (χ3n) is 3.36. The Morgan fingerprint density at radius 3 is 2.19 bits per heavy atom. The lowest BCUT2D eigenvalue weighted by atomic mass is 9.97. The Kier molecular flexibility index (Phi) is 2.80. The van der Waals surface area contributed by atoms with Crippen LogP contribution in [0.4, 0.5) is 0 Å². The quantitative estimate of drug-likeness (QED) is 0.867. The number of sulfone groups is 1. The van der Waals surface area contributed by atoms with Gasteiger partial charge >= 0.3 is 0 Å². The highest BCUT2D eigenvalue weighted by molar-refractivity contribution is 7.91. The molecule has 4 heteroatoms. The van der Waals surface area contributed by atoms with E-state index in [0.717, 1.165) is 18.4 Å². The van der Waals surface area contributed by atoms with E-state index in [-0.39, 0.29) is 17.8 Å². The standard InChI is InChI=1S/C12H16O3S/c1-2-16(14,15)11-5-3-10(4-6-11)12(9-13)7-8-12/h3-6,13H,2,7-9H2,1H3. The maximum absolute atomic E-state index is 11.6. The van der Waals surface area contributed by atoms with Gasteiger partial charge in [-0.15, -0.1) is 0 Å². The minimum absolute atomic E-state index is 0.0888. The van der Waals surface area contributed by atoms with Crippen LogP contribution in [-0.2, 0) is 15.3 Å². The second-order valence-corrected chi connectivity index (χ2v) is 6.64. The van der Waals surface area contributed by atoms with Gasteiger partial charge in [0.05, 0.1) is 17.3 Å². The van der Waals surface area contributed by atoms with Crippen LogP contribution in [0.5, 0.6) is 0 Å². The summed E-state index contributed by atoms with van der Waals surface area (Å²) in [5.74, 6) is 0.123. The predicted molar refractivity (Wildman–Crippen MR) is 62.2 cm³/mol. The summed E-state index contributed by atoms with van der Waals surface area (Å²) in [5.41, 5.74) is 0.958. The number of aliphatic hydroxyl groups excluding tert-OH is 1. The van der Waals surface area contributed by atoms with Gasteiger partial charge in [0.15, 0.2) is 9.84 Å². The molecule has 0 spiro atoms. The molecule has 1 saturated carbocycles. The van der Waals surface area contributed by atoms with Crippen molar-refractivity contribution >= 4 is 9.84 Å². The molecule has 1 aliphatic carbocycles. The normalized spacial score (nSPS) is 18.4. The molecule has 0 atom stereocenters. The third kappa shape index (κ3) is 1.87. The van der Waals surface area contributed by atoms with Gasteiger partial charge < -0.3 is 5.11 Å². The van der Waals surface area contributed by atoms with E-state index in [4.69, 9.17) is 0 Å². The molecule has 0 bridgehead atoms. The van der Waals surface area contributed by atoms with Crippen molar-refractivity contribution < 1.29 is 13.5 Å². The lowest BCUT2D eigenvalue weighted by Gasteiger charge is -2.12. The van der Waals surface area contributed by atoms with Gasteiger partial charge in [-0.1, -0.05) is 19.1 Å². The summed E-state index contributed by atoms with van der Waals surface area (Å²) >= 11 is 0. The highest BCUT2D eigenvalue weighted by Crippen LogP contribution is 2.47. The van der Waals surface area contributed by atoms with Crippen molar-refractivity contribution in [2.75, 3.05) is 12.4 Å². The molecule has 0 aromatic heterocycles. The summed E-state index contributed by atoms with van der Waals surface area (Å²) in [6.07, 6.45) is 1.98. The van der Waals surface area contributed by atoms with Gasteiger partial charge in [-0.3, -0.25) is 0 Å². The summed E-state index contributed by atoms with van der Waals surface area (Å²) < 4.78 is 23.2. The van der Waals surface area contributed by atoms with Gasteiger partial charge in [-0.2, -0.15) is 0 Å². The van der Waals surface area contributed by atoms with Crippen molar-refractivity contribution in [3.63, 3.8) is 0 Å². The fraction of sp³-hybridized carbons (Fsp3) is 0.500. The summed E-state index contributed by atoms with van der Waals surface area (Å²) in [6, 6.07) is 6.94. The van der Waals surface area contributed by atoms with E-state index in [1.807, 2.05) is 12.1 Å². The first-order valence-corrected chi connectivity index (χ1v) is 7.13. The second-order valence-electron chi connectivity index (χ2n) is 4.37. The monoisotopic (exact) mass is 240 g/mol. The van der Waals surface area contributed by atoms with Crippen molar-refractivity contribution in [3.05, 3.63) is 29.8 Å². The lowest BCUT2D eigenvalue weighted by molar-refractivity contribution is 0.255. The molecule has 0 heterocycles. The number of hydrogen-bond donors (Lipinski definition) is 1. The molecule has 1 aromatic rings. The minimum Gasteiger partial charge on any atom is -0.395 e. The molecular formula is C12H16O3S. The second kappa shape index (κ2) is 3.86. The molecule has 0 aliphatic heterocycles. The number of aliphatic hydroxyl groups is 1. The minimum atomic E-state index is -3.11. The molecule has 1 aliphatic rings. The number of hydrogen-bond acceptors (Lipinski definition) is 3. The summed E-state index contributed by atoms with van der Waals surface area (Å²) in [4.78, 5) is 0.368. The summed E-state index contributed by atoms with van der Waals surface area (Å²) in [5, 5.41) is 9.27. The summed E-state index contributed by atoms with van der Waals surface area (Å²) in [6.45, 7) is 1.78. The Balaban J connectivity index is 2.31. The molecule has 1 N–H and O–H groups in total. The predicted octanol–water partition coefficient (Wildman–Crippen LogP) is 1.50. The Bertz CT molecular complexity index is 469. The highest BCUT2D eigenvalue weighted by Gasteiger charge is 2.43. The van der Waals surface area contributed by atoms with Gasteiger partial charge in [0, 0.05) is 5.41 Å². The zero-order chi connectivity index (χ0) is 11.8. The van der Waals surface area contributed by atoms with Gasteiger partial charge in [0.2, 0.25) is 0 Å². The van der Waals surface area contributed by atoms with E-state index in [9.17, 15) is 13.5 Å². The van der Waals surface area contributed by atoms with Crippen molar-refractivity contribution in [1.82, 2.24) is 0 Å². The SMILES string of the molecule is CCS(=O)(=O)c1ccc(C2(CO)CC2)cc1. The first-order chi connectivity index (χ1) is 7.54. The van der Waals surface area contributed by atoms with Crippen LogP contribution in [0.2, 0.25) is 0 Å². The van der Waals surface area contributed by atoms with Crippen LogP contribution in [0.1, 0.15) is 25.3 Å². The van der Waals surface area contributed by atoms with E-state index in [0.29, 0.717) is 4.90 Å². The molecule has 0 unspecified atom stereocenters. The van der Waals surface area contributed by atoms with E-state index < -0.39 is 9.84 Å². The van der Waals surface area contributed by atoms with Crippen LogP contribution in [0.25, 0.3) is 0 Å². The van der Waals surface area contributed by atoms with Crippen LogP contribution in [0.15, 0.2) is 29.2 Å². The van der Waals surface area contributed by atoms with Gasteiger partial charge in [-0.25, -0.2) is 8.42 Å². The van der Waals surface area contributed by atoms with Crippen molar-refractivity contribution in [1.29, 1.82) is 0 Å². The fourth-order valence-electron chi connectivity index (χ4n) is 1.87. The van der Waals surface area contributed by atoms with E-state index >= 15 is 0 Å². The van der Waals surface area contributed by atoms with Crippen LogP contribution in [0.3, 0.4) is 0 Å². The Morgan fingerprint density at radius 2 is 1.81 bits per heavy atom. The van der Waals surface area contributed by atoms with Crippen LogP contribution >= 0.6 is 0 Å². The smallest absolute Gasteiger partial charge is 0.178 e. The maximum Gasteiger partial charge on any atom is 0.178 e. The molecule has 3 nitrogen and oxygen atoms in total. The molecule has 1 aromatic carbocycles. The molecule has 88 valence electrons. The van der Waals surface area contributed by atoms with Crippen LogP contribution in [0, 0.1) is 0 Å². The highest BCUT2D eigenvalue weighted by atomic mass is 32.2. The van der Waals surface area contributed by atoms with E-state index in [1.54, 1.807) is 19.1 Å². The molecule has 2 rings (SSSR count). The van der Waals surface area contributed by atoms with Crippen LogP contribution in [-0.4, -0.2) is 25.9 Å². The molecule has 0 saturated heterocycles. The Morgan fingerprint density at radius 1 is 1.25 bits per heavy atom. The topological polar surface area (TPSA) is 54.4 Å². The van der Waals surface area contributed by atoms with Gasteiger partial charge in [0.25, 0.3) is 0 Å². The van der Waals surface area contributed by atoms with E-state index in [2.05, 4.69) is 0 Å². The third-order valence-corrected chi connectivity index (χ3v) is 5.11. The fourth-order valence-corrected chi connectivity index (χ4v) is 2.76. The van der Waals surface area contributed by atoms with Crippen molar-refractivity contribution in [2.24, 2.45) is 0 Å². The van der Waals surface area contributed by atoms with Gasteiger partial charge in [0.1, 0.15) is 0 Å². The average Bonchev–Trinajstić information content (AvgIpc) is 3.10. The first kappa shape index (κ1) is 11.6. The van der Waals surface area contributed by atoms with Crippen LogP contribution < -0.4 is 0 Å². The Hall–Kier alpha value is -0.870. The van der Waals surface area contributed by atoms with Gasteiger partial charge in [-0.05, 0) is 30.5 Å². The molecule has 0 amide bonds. The largest absolute Gasteiger partial charge is 0.395 e. The first-order valence-electron chi connectivity index (χ1n) is 5.48.